The second-order valence-electron chi connectivity index (χ2n) is 7.98. The summed E-state index contributed by atoms with van der Waals surface area (Å²) < 4.78 is 61.3. The van der Waals surface area contributed by atoms with E-state index in [1.807, 2.05) is 13.8 Å². The highest BCUT2D eigenvalue weighted by Crippen LogP contribution is 2.26. The van der Waals surface area contributed by atoms with Gasteiger partial charge in [0.1, 0.15) is 11.6 Å². The van der Waals surface area contributed by atoms with Crippen molar-refractivity contribution in [3.8, 4) is 0 Å². The average molecular weight is 453 g/mol. The van der Waals surface area contributed by atoms with Gasteiger partial charge in [0, 0.05) is 30.9 Å². The lowest BCUT2D eigenvalue weighted by Gasteiger charge is -2.33. The summed E-state index contributed by atoms with van der Waals surface area (Å²) in [6, 6.07) is 7.05. The van der Waals surface area contributed by atoms with Crippen LogP contribution in [0.5, 0.6) is 0 Å². The van der Waals surface area contributed by atoms with Gasteiger partial charge < -0.3 is 10.1 Å². The fourth-order valence-corrected chi connectivity index (χ4v) is 5.13. The summed E-state index contributed by atoms with van der Waals surface area (Å²) in [7, 11) is -3.88. The zero-order valence-electron chi connectivity index (χ0n) is 17.6. The molecule has 2 N–H and O–H groups in total. The lowest BCUT2D eigenvalue weighted by Crippen LogP contribution is -2.43. The van der Waals surface area contributed by atoms with Gasteiger partial charge in [-0.15, -0.1) is 0 Å². The molecule has 168 valence electrons. The number of nitrogens with one attached hydrogen (secondary N) is 2. The van der Waals surface area contributed by atoms with Gasteiger partial charge in [-0.3, -0.25) is 4.79 Å². The number of carbonyl (C=O) groups is 1. The third-order valence-corrected chi connectivity index (χ3v) is 7.15. The highest BCUT2D eigenvalue weighted by Gasteiger charge is 2.30. The van der Waals surface area contributed by atoms with Crippen molar-refractivity contribution in [2.45, 2.75) is 38.1 Å². The molecule has 1 saturated heterocycles. The van der Waals surface area contributed by atoms with Crippen LogP contribution < -0.4 is 10.0 Å². The predicted molar refractivity (Wildman–Crippen MR) is 113 cm³/mol. The molecule has 0 aromatic heterocycles. The van der Waals surface area contributed by atoms with Crippen LogP contribution in [0.25, 0.3) is 0 Å². The van der Waals surface area contributed by atoms with E-state index in [0.29, 0.717) is 19.3 Å². The molecule has 0 radical (unpaired) electrons. The molecule has 0 aliphatic carbocycles. The zero-order chi connectivity index (χ0) is 22.8. The van der Waals surface area contributed by atoms with Crippen LogP contribution in [0.3, 0.4) is 0 Å². The summed E-state index contributed by atoms with van der Waals surface area (Å²) in [4.78, 5) is 12.5. The van der Waals surface area contributed by atoms with Crippen LogP contribution >= 0.6 is 0 Å². The molecule has 1 heterocycles. The van der Waals surface area contributed by atoms with Crippen molar-refractivity contribution in [3.05, 3.63) is 59.2 Å². The molecule has 6 nitrogen and oxygen atoms in total. The lowest BCUT2D eigenvalue weighted by atomic mass is 9.85. The molecule has 3 unspecified atom stereocenters. The molecule has 0 spiro atoms. The number of halogens is 2. The predicted octanol–water partition coefficient (Wildman–Crippen LogP) is 3.86. The van der Waals surface area contributed by atoms with Crippen molar-refractivity contribution < 1.29 is 26.7 Å². The molecule has 2 aromatic carbocycles. The van der Waals surface area contributed by atoms with Gasteiger partial charge in [-0.25, -0.2) is 21.9 Å². The molecular weight excluding hydrogens is 426 g/mol. The van der Waals surface area contributed by atoms with E-state index in [2.05, 4.69) is 10.0 Å². The van der Waals surface area contributed by atoms with Gasteiger partial charge in [0.05, 0.1) is 10.6 Å². The first kappa shape index (κ1) is 23.3. The molecule has 1 aliphatic heterocycles. The first-order valence-corrected chi connectivity index (χ1v) is 11.5. The number of benzene rings is 2. The van der Waals surface area contributed by atoms with Crippen LogP contribution in [0, 0.1) is 30.4 Å². The first-order valence-electron chi connectivity index (χ1n) is 10.1. The highest BCUT2D eigenvalue weighted by atomic mass is 32.2. The van der Waals surface area contributed by atoms with E-state index in [9.17, 15) is 22.0 Å². The SMILES string of the molecule is Cc1cc(NC(=O)c2cccc(S(=O)(=O)NC(C)C3CCOCC3C)c2)c(F)cc1F. The number of aryl methyl sites for hydroxylation is 1. The van der Waals surface area contributed by atoms with Gasteiger partial charge in [-0.05, 0) is 61.9 Å². The topological polar surface area (TPSA) is 84.5 Å². The standard InChI is InChI=1S/C22H26F2N2O4S/c1-13-9-21(20(24)11-19(13)23)25-22(27)16-5-4-6-17(10-16)31(28,29)26-15(3)18-7-8-30-12-14(18)2/h4-6,9-11,14-15,18,26H,7-8,12H2,1-3H3,(H,25,27). The maximum absolute atomic E-state index is 14.0. The van der Waals surface area contributed by atoms with E-state index >= 15 is 0 Å². The van der Waals surface area contributed by atoms with Gasteiger partial charge >= 0.3 is 0 Å². The van der Waals surface area contributed by atoms with Crippen LogP contribution in [0.15, 0.2) is 41.3 Å². The normalized spacial score (nSPS) is 20.3. The zero-order valence-corrected chi connectivity index (χ0v) is 18.4. The molecule has 3 atom stereocenters. The van der Waals surface area contributed by atoms with Gasteiger partial charge in [0.15, 0.2) is 0 Å². The summed E-state index contributed by atoms with van der Waals surface area (Å²) in [5.74, 6) is -1.98. The van der Waals surface area contributed by atoms with Gasteiger partial charge in [-0.1, -0.05) is 13.0 Å². The van der Waals surface area contributed by atoms with Crippen molar-refractivity contribution >= 4 is 21.6 Å². The number of carbonyl (C=O) groups excluding carboxylic acids is 1. The molecule has 2 aromatic rings. The fourth-order valence-electron chi connectivity index (χ4n) is 3.79. The molecular formula is C22H26F2N2O4S. The Balaban J connectivity index is 1.77. The largest absolute Gasteiger partial charge is 0.381 e. The smallest absolute Gasteiger partial charge is 0.255 e. The van der Waals surface area contributed by atoms with Gasteiger partial charge in [0.2, 0.25) is 10.0 Å². The lowest BCUT2D eigenvalue weighted by molar-refractivity contribution is 0.0158. The molecule has 3 rings (SSSR count). The van der Waals surface area contributed by atoms with E-state index in [0.717, 1.165) is 6.42 Å². The van der Waals surface area contributed by atoms with E-state index in [4.69, 9.17) is 4.74 Å². The molecule has 31 heavy (non-hydrogen) atoms. The molecule has 1 amide bonds. The summed E-state index contributed by atoms with van der Waals surface area (Å²) in [6.45, 7) is 6.47. The Hall–Kier alpha value is -2.36. The summed E-state index contributed by atoms with van der Waals surface area (Å²) in [5.41, 5.74) is 0.0299. The Morgan fingerprint density at radius 2 is 1.94 bits per heavy atom. The Kier molecular flexibility index (Phi) is 7.08. The molecule has 0 bridgehead atoms. The third kappa shape index (κ3) is 5.47. The Morgan fingerprint density at radius 3 is 2.65 bits per heavy atom. The average Bonchev–Trinajstić information content (AvgIpc) is 2.72. The summed E-state index contributed by atoms with van der Waals surface area (Å²) in [6.07, 6.45) is 0.760. The number of hydrogen-bond acceptors (Lipinski definition) is 4. The minimum atomic E-state index is -3.88. The van der Waals surface area contributed by atoms with Crippen LogP contribution in [0.1, 0.15) is 36.2 Å². The number of ether oxygens (including phenoxy) is 1. The molecule has 0 saturated carbocycles. The Bertz CT molecular complexity index is 1080. The molecule has 1 fully saturated rings. The van der Waals surface area contributed by atoms with E-state index in [1.54, 1.807) is 0 Å². The van der Waals surface area contributed by atoms with Crippen LogP contribution in [-0.4, -0.2) is 33.6 Å². The van der Waals surface area contributed by atoms with Gasteiger partial charge in [0.25, 0.3) is 5.91 Å². The summed E-state index contributed by atoms with van der Waals surface area (Å²) >= 11 is 0. The summed E-state index contributed by atoms with van der Waals surface area (Å²) in [5, 5.41) is 2.36. The van der Waals surface area contributed by atoms with Crippen molar-refractivity contribution in [1.29, 1.82) is 0 Å². The fraction of sp³-hybridized carbons (Fsp3) is 0.409. The second-order valence-corrected chi connectivity index (χ2v) is 9.69. The maximum atomic E-state index is 14.0. The Labute approximate surface area is 181 Å². The van der Waals surface area contributed by atoms with Crippen LogP contribution in [0.2, 0.25) is 0 Å². The van der Waals surface area contributed by atoms with E-state index in [1.165, 1.54) is 37.3 Å². The van der Waals surface area contributed by atoms with Crippen molar-refractivity contribution in [1.82, 2.24) is 4.72 Å². The molecule has 9 heteroatoms. The number of sulfonamides is 1. The Morgan fingerprint density at radius 1 is 1.19 bits per heavy atom. The van der Waals surface area contributed by atoms with E-state index in [-0.39, 0.29) is 39.6 Å². The quantitative estimate of drug-likeness (QED) is 0.697. The monoisotopic (exact) mass is 452 g/mol. The first-order chi connectivity index (χ1) is 14.6. The highest BCUT2D eigenvalue weighted by molar-refractivity contribution is 7.89. The maximum Gasteiger partial charge on any atom is 0.255 e. The van der Waals surface area contributed by atoms with Crippen molar-refractivity contribution in [2.75, 3.05) is 18.5 Å². The minimum absolute atomic E-state index is 0.0383. The minimum Gasteiger partial charge on any atom is -0.381 e. The number of rotatable bonds is 6. The number of hydrogen-bond donors (Lipinski definition) is 2. The molecule has 1 aliphatic rings. The van der Waals surface area contributed by atoms with E-state index < -0.39 is 27.6 Å². The van der Waals surface area contributed by atoms with Crippen molar-refractivity contribution in [2.24, 2.45) is 11.8 Å². The van der Waals surface area contributed by atoms with Gasteiger partial charge in [-0.2, -0.15) is 0 Å². The van der Waals surface area contributed by atoms with Crippen LogP contribution in [0.4, 0.5) is 14.5 Å². The second kappa shape index (κ2) is 9.42. The number of amides is 1. The van der Waals surface area contributed by atoms with Crippen LogP contribution in [-0.2, 0) is 14.8 Å². The third-order valence-electron chi connectivity index (χ3n) is 5.59. The number of anilines is 1. The van der Waals surface area contributed by atoms with Crippen molar-refractivity contribution in [3.63, 3.8) is 0 Å².